The van der Waals surface area contributed by atoms with Crippen LogP contribution in [0.3, 0.4) is 0 Å². The third kappa shape index (κ3) is 4.57. The molecule has 0 aliphatic carbocycles. The van der Waals surface area contributed by atoms with Crippen molar-refractivity contribution in [2.45, 2.75) is 39.3 Å². The number of alkyl halides is 3. The molecule has 108 valence electrons. The highest BCUT2D eigenvalue weighted by Crippen LogP contribution is 2.26. The Morgan fingerprint density at radius 2 is 1.89 bits per heavy atom. The lowest BCUT2D eigenvalue weighted by Crippen LogP contribution is -2.36. The lowest BCUT2D eigenvalue weighted by Gasteiger charge is -2.26. The Labute approximate surface area is 110 Å². The van der Waals surface area contributed by atoms with Crippen LogP contribution >= 0.6 is 0 Å². The van der Waals surface area contributed by atoms with Crippen LogP contribution in [0.1, 0.15) is 32.3 Å². The van der Waals surface area contributed by atoms with Crippen LogP contribution in [0, 0.1) is 0 Å². The molecule has 1 aromatic heterocycles. The molecule has 0 bridgehead atoms. The second kappa shape index (κ2) is 6.58. The topological polar surface area (TPSA) is 55.0 Å². The van der Waals surface area contributed by atoms with E-state index >= 15 is 0 Å². The molecule has 0 atom stereocenters. The van der Waals surface area contributed by atoms with Crippen molar-refractivity contribution in [2.75, 3.05) is 23.7 Å². The molecule has 0 aliphatic rings. The van der Waals surface area contributed by atoms with Crippen LogP contribution < -0.4 is 10.6 Å². The molecule has 0 radical (unpaired) electrons. The normalized spacial score (nSPS) is 11.6. The smallest absolute Gasteiger partial charge is 0.383 e. The number of nitrogens with two attached hydrogens (primary N) is 1. The average Bonchev–Trinajstić information content (AvgIpc) is 2.30. The van der Waals surface area contributed by atoms with Gasteiger partial charge in [0.2, 0.25) is 0 Å². The monoisotopic (exact) mass is 276 g/mol. The van der Waals surface area contributed by atoms with Crippen molar-refractivity contribution in [3.8, 4) is 0 Å². The van der Waals surface area contributed by atoms with E-state index in [0.29, 0.717) is 24.2 Å². The van der Waals surface area contributed by atoms with Crippen LogP contribution in [0.15, 0.2) is 6.33 Å². The molecule has 1 rings (SSSR count). The lowest BCUT2D eigenvalue weighted by molar-refractivity contribution is -0.119. The number of aromatic nitrogens is 2. The predicted molar refractivity (Wildman–Crippen MR) is 69.0 cm³/mol. The van der Waals surface area contributed by atoms with E-state index in [0.717, 1.165) is 6.42 Å². The minimum absolute atomic E-state index is 0.259. The second-order valence-corrected chi connectivity index (χ2v) is 4.35. The fourth-order valence-corrected chi connectivity index (χ4v) is 1.92. The van der Waals surface area contributed by atoms with Gasteiger partial charge in [-0.15, -0.1) is 0 Å². The van der Waals surface area contributed by atoms with Gasteiger partial charge in [0, 0.05) is 12.1 Å². The van der Waals surface area contributed by atoms with E-state index in [1.807, 2.05) is 13.8 Å². The van der Waals surface area contributed by atoms with Gasteiger partial charge in [0.05, 0.1) is 0 Å². The van der Waals surface area contributed by atoms with Crippen molar-refractivity contribution in [1.82, 2.24) is 9.97 Å². The van der Waals surface area contributed by atoms with Crippen LogP contribution in [0.5, 0.6) is 0 Å². The summed E-state index contributed by atoms with van der Waals surface area (Å²) in [6.45, 7) is 3.03. The summed E-state index contributed by atoms with van der Waals surface area (Å²) in [6, 6.07) is 0. The molecule has 0 unspecified atom stereocenters. The van der Waals surface area contributed by atoms with Crippen molar-refractivity contribution >= 4 is 11.6 Å². The van der Waals surface area contributed by atoms with Crippen molar-refractivity contribution < 1.29 is 13.2 Å². The van der Waals surface area contributed by atoms with Gasteiger partial charge in [-0.2, -0.15) is 13.2 Å². The Kier molecular flexibility index (Phi) is 5.38. The third-order valence-electron chi connectivity index (χ3n) is 2.62. The fourth-order valence-electron chi connectivity index (χ4n) is 1.92. The highest BCUT2D eigenvalue weighted by molar-refractivity contribution is 5.56. The maximum absolute atomic E-state index is 12.6. The zero-order valence-corrected chi connectivity index (χ0v) is 11.2. The Morgan fingerprint density at radius 1 is 1.21 bits per heavy atom. The molecular weight excluding hydrogens is 257 g/mol. The minimum Gasteiger partial charge on any atom is -0.383 e. The molecule has 1 aromatic rings. The van der Waals surface area contributed by atoms with Gasteiger partial charge >= 0.3 is 6.18 Å². The van der Waals surface area contributed by atoms with Crippen molar-refractivity contribution in [1.29, 1.82) is 0 Å². The molecule has 0 spiro atoms. The first kappa shape index (κ1) is 15.5. The zero-order chi connectivity index (χ0) is 14.5. The Hall–Kier alpha value is -1.53. The van der Waals surface area contributed by atoms with E-state index in [9.17, 15) is 13.2 Å². The SMILES string of the molecule is CCCc1c(N)ncnc1N(CCC)CC(F)(F)F. The standard InChI is InChI=1S/C12H19F3N4/c1-3-5-9-10(16)17-8-18-11(9)19(6-4-2)7-12(13,14)15/h8H,3-7H2,1-2H3,(H2,16,17,18). The lowest BCUT2D eigenvalue weighted by atomic mass is 10.1. The van der Waals surface area contributed by atoms with Gasteiger partial charge < -0.3 is 10.6 Å². The molecular formula is C12H19F3N4. The number of halogens is 3. The van der Waals surface area contributed by atoms with Crippen LogP contribution in [0.2, 0.25) is 0 Å². The average molecular weight is 276 g/mol. The summed E-state index contributed by atoms with van der Waals surface area (Å²) >= 11 is 0. The van der Waals surface area contributed by atoms with E-state index in [1.54, 1.807) is 0 Å². The van der Waals surface area contributed by atoms with E-state index < -0.39 is 12.7 Å². The van der Waals surface area contributed by atoms with Crippen LogP contribution in [0.25, 0.3) is 0 Å². The molecule has 2 N–H and O–H groups in total. The Bertz CT molecular complexity index is 406. The molecule has 0 fully saturated rings. The molecule has 19 heavy (non-hydrogen) atoms. The van der Waals surface area contributed by atoms with E-state index in [1.165, 1.54) is 11.2 Å². The summed E-state index contributed by atoms with van der Waals surface area (Å²) < 4.78 is 37.8. The maximum atomic E-state index is 12.6. The van der Waals surface area contributed by atoms with Crippen molar-refractivity contribution in [3.63, 3.8) is 0 Å². The van der Waals surface area contributed by atoms with E-state index in [-0.39, 0.29) is 12.4 Å². The highest BCUT2D eigenvalue weighted by atomic mass is 19.4. The predicted octanol–water partition coefficient (Wildman–Crippen LogP) is 2.79. The van der Waals surface area contributed by atoms with Gasteiger partial charge in [0.1, 0.15) is 24.5 Å². The maximum Gasteiger partial charge on any atom is 0.405 e. The summed E-state index contributed by atoms with van der Waals surface area (Å²) in [4.78, 5) is 9.08. The number of nitrogen functional groups attached to an aromatic ring is 1. The van der Waals surface area contributed by atoms with Gasteiger partial charge in [-0.25, -0.2) is 9.97 Å². The number of rotatable bonds is 6. The van der Waals surface area contributed by atoms with Crippen molar-refractivity contribution in [3.05, 3.63) is 11.9 Å². The van der Waals surface area contributed by atoms with Crippen LogP contribution in [0.4, 0.5) is 24.8 Å². The van der Waals surface area contributed by atoms with Gasteiger partial charge in [-0.1, -0.05) is 20.3 Å². The first-order chi connectivity index (χ1) is 8.89. The quantitative estimate of drug-likeness (QED) is 0.868. The molecule has 0 amide bonds. The minimum atomic E-state index is -4.27. The first-order valence-electron chi connectivity index (χ1n) is 6.30. The van der Waals surface area contributed by atoms with E-state index in [4.69, 9.17) is 5.73 Å². The zero-order valence-electron chi connectivity index (χ0n) is 11.2. The molecule has 0 aliphatic heterocycles. The van der Waals surface area contributed by atoms with Crippen molar-refractivity contribution in [2.24, 2.45) is 0 Å². The van der Waals surface area contributed by atoms with Gasteiger partial charge in [-0.3, -0.25) is 0 Å². The molecule has 0 aromatic carbocycles. The molecule has 0 saturated heterocycles. The summed E-state index contributed by atoms with van der Waals surface area (Å²) in [5.74, 6) is 0.559. The van der Waals surface area contributed by atoms with E-state index in [2.05, 4.69) is 9.97 Å². The third-order valence-corrected chi connectivity index (χ3v) is 2.62. The number of anilines is 2. The summed E-state index contributed by atoms with van der Waals surface area (Å²) in [5, 5.41) is 0. The molecule has 0 saturated carbocycles. The second-order valence-electron chi connectivity index (χ2n) is 4.35. The Balaban J connectivity index is 3.10. The molecule has 1 heterocycles. The highest BCUT2D eigenvalue weighted by Gasteiger charge is 2.32. The summed E-state index contributed by atoms with van der Waals surface area (Å²) in [7, 11) is 0. The Morgan fingerprint density at radius 3 is 2.42 bits per heavy atom. The number of hydrogen-bond donors (Lipinski definition) is 1. The molecule has 4 nitrogen and oxygen atoms in total. The van der Waals surface area contributed by atoms with Crippen LogP contribution in [-0.2, 0) is 6.42 Å². The number of hydrogen-bond acceptors (Lipinski definition) is 4. The summed E-state index contributed by atoms with van der Waals surface area (Å²) in [6.07, 6.45) is -1.11. The van der Waals surface area contributed by atoms with Gasteiger partial charge in [0.15, 0.2) is 0 Å². The van der Waals surface area contributed by atoms with Crippen LogP contribution in [-0.4, -0.2) is 29.2 Å². The summed E-state index contributed by atoms with van der Waals surface area (Å²) in [5.41, 5.74) is 6.35. The fraction of sp³-hybridized carbons (Fsp3) is 0.667. The number of nitrogens with zero attached hydrogens (tertiary/aromatic N) is 3. The molecule has 7 heteroatoms. The van der Waals surface area contributed by atoms with Gasteiger partial charge in [0.25, 0.3) is 0 Å². The first-order valence-corrected chi connectivity index (χ1v) is 6.30. The van der Waals surface area contributed by atoms with Gasteiger partial charge in [-0.05, 0) is 12.8 Å². The largest absolute Gasteiger partial charge is 0.405 e.